The first kappa shape index (κ1) is 22.3. The van der Waals surface area contributed by atoms with Crippen molar-refractivity contribution in [2.75, 3.05) is 10.6 Å². The number of amides is 1. The van der Waals surface area contributed by atoms with Crippen LogP contribution in [0.3, 0.4) is 0 Å². The Labute approximate surface area is 186 Å². The van der Waals surface area contributed by atoms with Crippen molar-refractivity contribution in [2.45, 2.75) is 6.18 Å². The van der Waals surface area contributed by atoms with Gasteiger partial charge in [-0.25, -0.2) is 14.6 Å². The number of benzene rings is 2. The molecule has 4 aromatic rings. The van der Waals surface area contributed by atoms with Crippen molar-refractivity contribution < 1.29 is 32.0 Å². The Hall–Kier alpha value is -4.88. The number of hydroxylamine groups is 1. The minimum absolute atomic E-state index is 0.0864. The van der Waals surface area contributed by atoms with E-state index in [4.69, 9.17) is 4.42 Å². The van der Waals surface area contributed by atoms with E-state index in [1.54, 1.807) is 30.3 Å². The molecule has 4 N–H and O–H groups in total. The summed E-state index contributed by atoms with van der Waals surface area (Å²) in [7, 11) is 0. The van der Waals surface area contributed by atoms with E-state index in [1.807, 2.05) is 0 Å². The summed E-state index contributed by atoms with van der Waals surface area (Å²) in [5.74, 6) is -3.65. The van der Waals surface area contributed by atoms with Crippen LogP contribution in [-0.4, -0.2) is 33.0 Å². The van der Waals surface area contributed by atoms with Crippen LogP contribution in [0.15, 0.2) is 63.9 Å². The van der Waals surface area contributed by atoms with Gasteiger partial charge in [-0.05, 0) is 42.5 Å². The molecule has 0 spiro atoms. The monoisotopic (exact) mass is 474 g/mol. The summed E-state index contributed by atoms with van der Waals surface area (Å²) < 4.78 is 41.5. The number of alkyl halides is 3. The molecule has 0 aliphatic carbocycles. The number of oxazole rings is 1. The number of nitrogens with one attached hydrogen (secondary N) is 4. The number of nitrogens with zero attached hydrogens (tertiary/aromatic N) is 2. The molecular formula is C20H13F3N6O5. The van der Waals surface area contributed by atoms with Crippen LogP contribution in [0.5, 0.6) is 0 Å². The number of hydrogen-bond acceptors (Lipinski definition) is 9. The number of carbonyl (C=O) groups excluding carboxylic acids is 2. The van der Waals surface area contributed by atoms with Gasteiger partial charge in [0.25, 0.3) is 5.91 Å². The highest BCUT2D eigenvalue weighted by atomic mass is 19.4. The molecule has 0 fully saturated rings. The van der Waals surface area contributed by atoms with Crippen LogP contribution >= 0.6 is 0 Å². The predicted molar refractivity (Wildman–Crippen MR) is 111 cm³/mol. The third-order valence-corrected chi connectivity index (χ3v) is 4.20. The van der Waals surface area contributed by atoms with Gasteiger partial charge in [-0.3, -0.25) is 9.78 Å². The van der Waals surface area contributed by atoms with Crippen LogP contribution in [0, 0.1) is 0 Å². The molecule has 1 amide bonds. The van der Waals surface area contributed by atoms with Crippen LogP contribution in [-0.2, 0) is 9.63 Å². The van der Waals surface area contributed by atoms with E-state index in [0.717, 1.165) is 0 Å². The van der Waals surface area contributed by atoms with Gasteiger partial charge in [-0.2, -0.15) is 23.6 Å². The molecule has 174 valence electrons. The Bertz CT molecular complexity index is 1430. The first-order valence-electron chi connectivity index (χ1n) is 9.36. The molecule has 0 saturated heterocycles. The average molecular weight is 474 g/mol. The summed E-state index contributed by atoms with van der Waals surface area (Å²) >= 11 is 0. The van der Waals surface area contributed by atoms with E-state index in [-0.39, 0.29) is 11.5 Å². The van der Waals surface area contributed by atoms with E-state index in [1.165, 1.54) is 29.9 Å². The molecule has 4 rings (SSSR count). The fourth-order valence-electron chi connectivity index (χ4n) is 2.74. The molecule has 34 heavy (non-hydrogen) atoms. The van der Waals surface area contributed by atoms with Crippen molar-refractivity contribution >= 4 is 46.1 Å². The number of rotatable bonds is 5. The molecule has 2 heterocycles. The Balaban J connectivity index is 1.43. The number of aromatic amines is 1. The molecule has 0 unspecified atom stereocenters. The number of anilines is 4. The quantitative estimate of drug-likeness (QED) is 0.320. The first-order valence-corrected chi connectivity index (χ1v) is 9.36. The van der Waals surface area contributed by atoms with Crippen LogP contribution in [0.1, 0.15) is 10.4 Å². The standard InChI is InChI=1S/C20H13F3N6O5/c21-20(22,23)17(31)34-29-16(30)10-2-1-3-11(8-10)26-18-24-7-6-15(28-18)25-12-4-5-14-13(9-12)27-19(32)33-14/h1-9H,(H,27,32)(H,29,30)(H2,24,25,26,28). The second-order valence-electron chi connectivity index (χ2n) is 6.64. The Kier molecular flexibility index (Phi) is 5.86. The molecule has 0 aliphatic heterocycles. The minimum Gasteiger partial charge on any atom is -0.408 e. The highest BCUT2D eigenvalue weighted by Crippen LogP contribution is 2.21. The highest BCUT2D eigenvalue weighted by molar-refractivity contribution is 5.95. The van der Waals surface area contributed by atoms with Gasteiger partial charge in [-0.1, -0.05) is 6.07 Å². The lowest BCUT2D eigenvalue weighted by Crippen LogP contribution is -2.34. The smallest absolute Gasteiger partial charge is 0.408 e. The van der Waals surface area contributed by atoms with E-state index in [9.17, 15) is 27.6 Å². The molecule has 0 saturated carbocycles. The molecule has 0 bridgehead atoms. The Morgan fingerprint density at radius 1 is 1.03 bits per heavy atom. The maximum absolute atomic E-state index is 12.2. The van der Waals surface area contributed by atoms with E-state index in [0.29, 0.717) is 28.3 Å². The van der Waals surface area contributed by atoms with Crippen LogP contribution in [0.25, 0.3) is 11.1 Å². The van der Waals surface area contributed by atoms with Gasteiger partial charge < -0.3 is 19.9 Å². The fraction of sp³-hybridized carbons (Fsp3) is 0.0500. The van der Waals surface area contributed by atoms with Crippen LogP contribution in [0.2, 0.25) is 0 Å². The van der Waals surface area contributed by atoms with Gasteiger partial charge in [0.05, 0.1) is 5.52 Å². The van der Waals surface area contributed by atoms with Gasteiger partial charge >= 0.3 is 17.9 Å². The molecule has 0 atom stereocenters. The normalized spacial score (nSPS) is 11.1. The third-order valence-electron chi connectivity index (χ3n) is 4.20. The van der Waals surface area contributed by atoms with Gasteiger partial charge in [0.2, 0.25) is 5.95 Å². The first-order chi connectivity index (χ1) is 16.2. The third kappa shape index (κ3) is 5.29. The second-order valence-corrected chi connectivity index (χ2v) is 6.64. The lowest BCUT2D eigenvalue weighted by molar-refractivity contribution is -0.204. The van der Waals surface area contributed by atoms with Crippen molar-refractivity contribution in [3.63, 3.8) is 0 Å². The Morgan fingerprint density at radius 3 is 2.62 bits per heavy atom. The van der Waals surface area contributed by atoms with Crippen molar-refractivity contribution in [1.29, 1.82) is 0 Å². The van der Waals surface area contributed by atoms with E-state index in [2.05, 4.69) is 30.4 Å². The lowest BCUT2D eigenvalue weighted by atomic mass is 10.2. The number of carbonyl (C=O) groups is 2. The van der Waals surface area contributed by atoms with Crippen molar-refractivity contribution in [1.82, 2.24) is 20.4 Å². The summed E-state index contributed by atoms with van der Waals surface area (Å²) in [6.45, 7) is 0. The van der Waals surface area contributed by atoms with Gasteiger partial charge in [0.1, 0.15) is 5.82 Å². The number of H-pyrrole nitrogens is 1. The second kappa shape index (κ2) is 8.93. The molecule has 0 aliphatic rings. The Morgan fingerprint density at radius 2 is 1.82 bits per heavy atom. The zero-order chi connectivity index (χ0) is 24.3. The number of fused-ring (bicyclic) bond motifs is 1. The lowest BCUT2D eigenvalue weighted by Gasteiger charge is -2.10. The highest BCUT2D eigenvalue weighted by Gasteiger charge is 2.42. The summed E-state index contributed by atoms with van der Waals surface area (Å²) in [5, 5.41) is 5.90. The minimum atomic E-state index is -5.24. The SMILES string of the molecule is O=C(NOC(=O)C(F)(F)F)c1cccc(Nc2nccc(Nc3ccc4oc(=O)[nH]c4c3)n2)c1. The average Bonchev–Trinajstić information content (AvgIpc) is 3.16. The molecule has 2 aromatic heterocycles. The van der Waals surface area contributed by atoms with Crippen LogP contribution < -0.4 is 21.9 Å². The number of aromatic nitrogens is 3. The zero-order valence-corrected chi connectivity index (χ0v) is 16.8. The number of halogens is 3. The molecule has 0 radical (unpaired) electrons. The predicted octanol–water partition coefficient (Wildman–Crippen LogP) is 3.15. The molecule has 2 aromatic carbocycles. The summed E-state index contributed by atoms with van der Waals surface area (Å²) in [6, 6.07) is 12.1. The zero-order valence-electron chi connectivity index (χ0n) is 16.8. The summed E-state index contributed by atoms with van der Waals surface area (Å²) in [6.07, 6.45) is -3.78. The number of hydrogen-bond donors (Lipinski definition) is 4. The molecular weight excluding hydrogens is 461 g/mol. The van der Waals surface area contributed by atoms with Gasteiger partial charge in [-0.15, -0.1) is 0 Å². The summed E-state index contributed by atoms with van der Waals surface area (Å²) in [5.41, 5.74) is 3.20. The summed E-state index contributed by atoms with van der Waals surface area (Å²) in [4.78, 5) is 48.6. The van der Waals surface area contributed by atoms with Crippen LogP contribution in [0.4, 0.5) is 36.3 Å². The maximum atomic E-state index is 12.2. The largest absolute Gasteiger partial charge is 0.493 e. The van der Waals surface area contributed by atoms with E-state index >= 15 is 0 Å². The molecule has 11 nitrogen and oxygen atoms in total. The van der Waals surface area contributed by atoms with Crippen molar-refractivity contribution in [3.05, 3.63) is 70.8 Å². The van der Waals surface area contributed by atoms with Crippen molar-refractivity contribution in [2.24, 2.45) is 0 Å². The van der Waals surface area contributed by atoms with Gasteiger partial charge in [0, 0.05) is 23.1 Å². The molecule has 14 heteroatoms. The van der Waals surface area contributed by atoms with Crippen molar-refractivity contribution in [3.8, 4) is 0 Å². The maximum Gasteiger partial charge on any atom is 0.493 e. The van der Waals surface area contributed by atoms with E-state index < -0.39 is 23.8 Å². The fourth-order valence-corrected chi connectivity index (χ4v) is 2.74. The van der Waals surface area contributed by atoms with Gasteiger partial charge in [0.15, 0.2) is 5.58 Å². The topological polar surface area (TPSA) is 151 Å².